The van der Waals surface area contributed by atoms with Gasteiger partial charge in [0.05, 0.1) is 78.6 Å². The van der Waals surface area contributed by atoms with Gasteiger partial charge in [-0.3, -0.25) is 9.59 Å². The molecule has 3 aliphatic rings. The number of amides is 2. The fourth-order valence-electron chi connectivity index (χ4n) is 8.87. The Morgan fingerprint density at radius 1 is 0.645 bits per heavy atom. The lowest BCUT2D eigenvalue weighted by atomic mass is 9.79. The second-order valence-corrected chi connectivity index (χ2v) is 20.2. The third kappa shape index (κ3) is 13.1. The summed E-state index contributed by atoms with van der Waals surface area (Å²) in [5.74, 6) is 1.38. The van der Waals surface area contributed by atoms with Crippen LogP contribution in [0, 0.1) is 36.5 Å². The van der Waals surface area contributed by atoms with Crippen molar-refractivity contribution in [1.82, 2.24) is 29.7 Å². The van der Waals surface area contributed by atoms with Crippen LogP contribution in [0.1, 0.15) is 110 Å². The second-order valence-electron chi connectivity index (χ2n) is 19.9. The molecule has 3 fully saturated rings. The molecule has 0 spiro atoms. The number of nitrogens with zero attached hydrogens (tertiary/aromatic N) is 8. The molecule has 7 heterocycles. The predicted octanol–water partition coefficient (Wildman–Crippen LogP) is 9.78. The Morgan fingerprint density at radius 2 is 1.09 bits per heavy atom. The lowest BCUT2D eigenvalue weighted by Gasteiger charge is -2.38. The number of carbonyl (C=O) groups excluding carboxylic acids is 2. The molecule has 2 amide bonds. The van der Waals surface area contributed by atoms with Gasteiger partial charge in [0.2, 0.25) is 23.5 Å². The van der Waals surface area contributed by atoms with Gasteiger partial charge in [-0.2, -0.15) is 10.5 Å². The Labute approximate surface area is 451 Å². The highest BCUT2D eigenvalue weighted by Crippen LogP contribution is 2.37. The number of rotatable bonds is 10. The summed E-state index contributed by atoms with van der Waals surface area (Å²) in [5.41, 5.74) is 5.33. The number of carbonyl (C=O) groups is 2. The van der Waals surface area contributed by atoms with Crippen LogP contribution in [0.25, 0.3) is 11.3 Å². The number of aromatic nitrogens is 4. The third-order valence-corrected chi connectivity index (χ3v) is 14.5. The number of halogens is 1. The number of methoxy groups -OCH3 is 2. The van der Waals surface area contributed by atoms with Crippen molar-refractivity contribution < 1.29 is 37.8 Å². The monoisotopic (exact) mass is 1050 g/mol. The lowest BCUT2D eigenvalue weighted by molar-refractivity contribution is 0.00578. The minimum Gasteiger partial charge on any atom is -0.481 e. The molecule has 0 N–H and O–H groups in total. The molecule has 3 aliphatic heterocycles. The molecule has 0 unspecified atom stereocenters. The van der Waals surface area contributed by atoms with E-state index in [4.69, 9.17) is 39.9 Å². The number of pyridine rings is 4. The average Bonchev–Trinajstić information content (AvgIpc) is 3.66. The molecule has 76 heavy (non-hydrogen) atoms. The number of ether oxygens (including phenoxy) is 4. The molecule has 2 aromatic carbocycles. The van der Waals surface area contributed by atoms with E-state index in [1.165, 1.54) is 7.11 Å². The fraction of sp³-hybridized carbons (Fsp3) is 0.379. The number of likely N-dealkylation sites (tertiary alicyclic amines) is 2. The largest absolute Gasteiger partial charge is 0.494 e. The molecule has 16 nitrogen and oxygen atoms in total. The standard InChI is InChI=1S/C26H26N4O3.C20H21ClN4O3.C12H17BO2/c1-17-9-10-21(33-25-18(2)20(15-27)13-14-28-25)16-30(17)26(31)22-11-12-23(32-3)29-24(22)19-7-5-4-6-8-19;1-12-4-5-15(28-19-13(2)14(10-22)8-9-23-19)11-25(12)20(26)16-6-7-17(27-3)24-18(16)21;1-11(2)12(3,4)15-13(14-11)10-8-6-5-7-9-10/h4-8,11-14,17,21H,9-10,16H2,1-3H3;6-9,12,15H,4-5,11H2,1-3H3;5-9H,1-4H3/t17-,21-;12-,15-;/m11./s1. The first kappa shape index (κ1) is 56.2. The zero-order valence-electron chi connectivity index (χ0n) is 44.7. The third-order valence-electron chi connectivity index (χ3n) is 14.3. The van der Waals surface area contributed by atoms with Gasteiger partial charge in [0.25, 0.3) is 11.8 Å². The first-order valence-corrected chi connectivity index (χ1v) is 25.6. The van der Waals surface area contributed by atoms with Crippen molar-refractivity contribution in [2.24, 2.45) is 0 Å². The van der Waals surface area contributed by atoms with Gasteiger partial charge in [-0.1, -0.05) is 72.3 Å². The van der Waals surface area contributed by atoms with E-state index in [2.05, 4.69) is 59.8 Å². The van der Waals surface area contributed by atoms with E-state index in [1.54, 1.807) is 67.7 Å². The Hall–Kier alpha value is -7.57. The lowest BCUT2D eigenvalue weighted by Crippen LogP contribution is -2.49. The van der Waals surface area contributed by atoms with Crippen LogP contribution in [0.15, 0.2) is 109 Å². The van der Waals surface area contributed by atoms with Gasteiger partial charge in [0, 0.05) is 53.3 Å². The Bertz CT molecular complexity index is 3070. The number of hydrogen-bond acceptors (Lipinski definition) is 14. The van der Waals surface area contributed by atoms with Crippen LogP contribution in [0.4, 0.5) is 0 Å². The summed E-state index contributed by atoms with van der Waals surface area (Å²) >= 11 is 6.18. The van der Waals surface area contributed by atoms with Crippen molar-refractivity contribution in [2.45, 2.75) is 117 Å². The topological polar surface area (TPSA) is 195 Å². The summed E-state index contributed by atoms with van der Waals surface area (Å²) < 4.78 is 34.4. The summed E-state index contributed by atoms with van der Waals surface area (Å²) in [6, 6.07) is 34.1. The summed E-state index contributed by atoms with van der Waals surface area (Å²) in [7, 11) is 2.81. The molecule has 0 saturated carbocycles. The van der Waals surface area contributed by atoms with Crippen LogP contribution in [-0.4, -0.2) is 111 Å². The summed E-state index contributed by atoms with van der Waals surface area (Å²) in [4.78, 5) is 47.5. The Balaban J connectivity index is 0.000000177. The van der Waals surface area contributed by atoms with E-state index in [0.717, 1.165) is 36.7 Å². The van der Waals surface area contributed by atoms with Crippen LogP contribution >= 0.6 is 11.6 Å². The summed E-state index contributed by atoms with van der Waals surface area (Å²) in [6.07, 6.45) is 5.88. The van der Waals surface area contributed by atoms with E-state index in [0.29, 0.717) is 75.7 Å². The number of nitriles is 2. The zero-order chi connectivity index (χ0) is 54.7. The van der Waals surface area contributed by atoms with E-state index >= 15 is 0 Å². The van der Waals surface area contributed by atoms with Crippen LogP contribution in [0.2, 0.25) is 5.15 Å². The Morgan fingerprint density at radius 3 is 1.55 bits per heavy atom. The molecule has 9 rings (SSSR count). The van der Waals surface area contributed by atoms with Gasteiger partial charge in [-0.15, -0.1) is 0 Å². The fourth-order valence-corrected chi connectivity index (χ4v) is 9.09. The zero-order valence-corrected chi connectivity index (χ0v) is 45.5. The Kier molecular flexibility index (Phi) is 18.4. The van der Waals surface area contributed by atoms with Crippen molar-refractivity contribution >= 4 is 36.0 Å². The highest BCUT2D eigenvalue weighted by atomic mass is 35.5. The van der Waals surface area contributed by atoms with Gasteiger partial charge >= 0.3 is 7.12 Å². The second kappa shape index (κ2) is 24.9. The maximum Gasteiger partial charge on any atom is 0.494 e. The highest BCUT2D eigenvalue weighted by Gasteiger charge is 2.51. The van der Waals surface area contributed by atoms with Crippen LogP contribution in [-0.2, 0) is 9.31 Å². The minimum atomic E-state index is -0.256. The smallest absolute Gasteiger partial charge is 0.481 e. The molecule has 3 saturated heterocycles. The quantitative estimate of drug-likeness (QED) is 0.0929. The van der Waals surface area contributed by atoms with Crippen LogP contribution in [0.5, 0.6) is 23.5 Å². The van der Waals surface area contributed by atoms with Crippen molar-refractivity contribution in [3.63, 3.8) is 0 Å². The van der Waals surface area contributed by atoms with Gasteiger partial charge < -0.3 is 38.1 Å². The molecule has 0 bridgehead atoms. The van der Waals surface area contributed by atoms with Gasteiger partial charge in [-0.05, 0) is 111 Å². The SMILES string of the molecule is CC1(C)OB(c2ccccc2)OC1(C)C.COc1ccc(C(=O)N2C[C@H](Oc3nccc(C#N)c3C)CC[C@H]2C)c(-c2ccccc2)n1.COc1ccc(C(=O)N2C[C@H](Oc3nccc(C#N)c3C)CC[C@H]2C)c(Cl)n1. The minimum absolute atomic E-state index is 0.0463. The van der Waals surface area contributed by atoms with Crippen molar-refractivity contribution in [2.75, 3.05) is 27.3 Å². The number of benzene rings is 2. The van der Waals surface area contributed by atoms with Crippen LogP contribution < -0.4 is 24.4 Å². The van der Waals surface area contributed by atoms with Crippen molar-refractivity contribution in [1.29, 1.82) is 10.5 Å². The predicted molar refractivity (Wildman–Crippen MR) is 290 cm³/mol. The molecular formula is C58H64BClN8O8. The highest BCUT2D eigenvalue weighted by molar-refractivity contribution is 6.62. The molecule has 0 radical (unpaired) electrons. The van der Waals surface area contributed by atoms with E-state index in [-0.39, 0.29) is 59.6 Å². The van der Waals surface area contributed by atoms with Gasteiger partial charge in [-0.25, -0.2) is 19.9 Å². The maximum atomic E-state index is 13.7. The molecule has 394 valence electrons. The summed E-state index contributed by atoms with van der Waals surface area (Å²) in [5, 5.41) is 18.6. The van der Waals surface area contributed by atoms with Gasteiger partial charge in [0.15, 0.2) is 0 Å². The van der Waals surface area contributed by atoms with Gasteiger partial charge in [0.1, 0.15) is 17.4 Å². The van der Waals surface area contributed by atoms with E-state index in [9.17, 15) is 20.1 Å². The van der Waals surface area contributed by atoms with Crippen molar-refractivity contribution in [3.05, 3.63) is 148 Å². The molecule has 6 aromatic rings. The normalized spacial score (nSPS) is 19.3. The molecular weight excluding hydrogens is 983 g/mol. The van der Waals surface area contributed by atoms with Crippen LogP contribution in [0.3, 0.4) is 0 Å². The average molecular weight is 1050 g/mol. The molecule has 4 aromatic heterocycles. The first-order valence-electron chi connectivity index (χ1n) is 25.3. The molecule has 4 atom stereocenters. The first-order chi connectivity index (χ1) is 36.4. The molecule has 18 heteroatoms. The van der Waals surface area contributed by atoms with Crippen molar-refractivity contribution in [3.8, 4) is 46.9 Å². The maximum absolute atomic E-state index is 13.7. The van der Waals surface area contributed by atoms with E-state index < -0.39 is 0 Å². The number of hydrogen-bond donors (Lipinski definition) is 0. The van der Waals surface area contributed by atoms with E-state index in [1.807, 2.05) is 86.3 Å². The summed E-state index contributed by atoms with van der Waals surface area (Å²) in [6.45, 7) is 16.8. The number of piperidine rings is 2. The molecule has 0 aliphatic carbocycles.